The smallest absolute Gasteiger partial charge is 0.274 e. The summed E-state index contributed by atoms with van der Waals surface area (Å²) in [4.78, 5) is 25.9. The van der Waals surface area contributed by atoms with E-state index in [4.69, 9.17) is 5.21 Å². The number of nitrogens with one attached hydrogen (secondary N) is 2. The highest BCUT2D eigenvalue weighted by Gasteiger charge is 2.44. The molecule has 24 heavy (non-hydrogen) atoms. The van der Waals surface area contributed by atoms with Gasteiger partial charge in [0.15, 0.2) is 0 Å². The lowest BCUT2D eigenvalue weighted by Crippen LogP contribution is -2.49. The Balaban J connectivity index is 2.05. The molecule has 2 amide bonds. The van der Waals surface area contributed by atoms with Gasteiger partial charge in [0.05, 0.1) is 0 Å². The summed E-state index contributed by atoms with van der Waals surface area (Å²) in [6, 6.07) is 16.4. The lowest BCUT2D eigenvalue weighted by atomic mass is 9.95. The maximum Gasteiger partial charge on any atom is 0.274 e. The Morgan fingerprint density at radius 2 is 1.75 bits per heavy atom. The summed E-state index contributed by atoms with van der Waals surface area (Å²) < 4.78 is 0. The van der Waals surface area contributed by atoms with Crippen molar-refractivity contribution < 1.29 is 14.8 Å². The van der Waals surface area contributed by atoms with Crippen molar-refractivity contribution in [1.29, 1.82) is 0 Å². The number of carbonyl (C=O) groups excluding carboxylic acids is 2. The molecule has 2 aromatic carbocycles. The molecule has 0 bridgehead atoms. The van der Waals surface area contributed by atoms with Crippen molar-refractivity contribution in [2.24, 2.45) is 0 Å². The quantitative estimate of drug-likeness (QED) is 0.595. The third-order valence-corrected chi connectivity index (χ3v) is 4.38. The van der Waals surface area contributed by atoms with E-state index in [0.717, 1.165) is 11.4 Å². The predicted octanol–water partition coefficient (Wildman–Crippen LogP) is 2.22. The molecule has 1 unspecified atom stereocenters. The van der Waals surface area contributed by atoms with Gasteiger partial charge in [-0.2, -0.15) is 0 Å². The summed E-state index contributed by atoms with van der Waals surface area (Å²) in [5, 5.41) is 11.6. The molecule has 1 aliphatic heterocycles. The van der Waals surface area contributed by atoms with Crippen molar-refractivity contribution in [3.8, 4) is 0 Å². The molecular formula is C18H19N3O3. The first-order chi connectivity index (χ1) is 11.6. The van der Waals surface area contributed by atoms with E-state index in [9.17, 15) is 9.59 Å². The van der Waals surface area contributed by atoms with E-state index in [-0.39, 0.29) is 5.91 Å². The van der Waals surface area contributed by atoms with Gasteiger partial charge in [-0.25, -0.2) is 5.48 Å². The van der Waals surface area contributed by atoms with Gasteiger partial charge in [0.25, 0.3) is 5.91 Å². The minimum absolute atomic E-state index is 0.0245. The third kappa shape index (κ3) is 2.72. The van der Waals surface area contributed by atoms with Crippen LogP contribution in [0.3, 0.4) is 0 Å². The molecule has 6 nitrogen and oxygen atoms in total. The highest BCUT2D eigenvalue weighted by atomic mass is 16.5. The second kappa shape index (κ2) is 6.33. The summed E-state index contributed by atoms with van der Waals surface area (Å²) in [6.45, 7) is 2.54. The maximum absolute atomic E-state index is 12.5. The fourth-order valence-corrected chi connectivity index (χ4v) is 3.06. The Bertz CT molecular complexity index is 746. The van der Waals surface area contributed by atoms with Crippen molar-refractivity contribution in [3.05, 3.63) is 60.2 Å². The lowest BCUT2D eigenvalue weighted by Gasteiger charge is -2.38. The Morgan fingerprint density at radius 3 is 2.29 bits per heavy atom. The summed E-state index contributed by atoms with van der Waals surface area (Å²) in [7, 11) is 0. The normalized spacial score (nSPS) is 19.7. The van der Waals surface area contributed by atoms with Crippen LogP contribution in [0.5, 0.6) is 0 Å². The van der Waals surface area contributed by atoms with Crippen LogP contribution >= 0.6 is 0 Å². The highest BCUT2D eigenvalue weighted by molar-refractivity contribution is 5.96. The van der Waals surface area contributed by atoms with Crippen LogP contribution in [0.4, 0.5) is 11.4 Å². The number of carbonyl (C=O) groups is 2. The van der Waals surface area contributed by atoms with E-state index < -0.39 is 11.4 Å². The summed E-state index contributed by atoms with van der Waals surface area (Å²) in [5.41, 5.74) is 2.95. The number of rotatable bonds is 4. The van der Waals surface area contributed by atoms with Crippen LogP contribution in [0.15, 0.2) is 54.6 Å². The minimum atomic E-state index is -0.706. The van der Waals surface area contributed by atoms with Gasteiger partial charge in [-0.15, -0.1) is 0 Å². The van der Waals surface area contributed by atoms with Crippen LogP contribution in [0.2, 0.25) is 0 Å². The molecule has 0 aliphatic carbocycles. The first-order valence-electron chi connectivity index (χ1n) is 7.74. The Hall–Kier alpha value is -2.86. The third-order valence-electron chi connectivity index (χ3n) is 4.38. The van der Waals surface area contributed by atoms with Gasteiger partial charge in [0.1, 0.15) is 5.54 Å². The Morgan fingerprint density at radius 1 is 1.12 bits per heavy atom. The number of hydrogen-bond acceptors (Lipinski definition) is 4. The molecule has 1 fully saturated rings. The van der Waals surface area contributed by atoms with Crippen LogP contribution in [-0.4, -0.2) is 29.1 Å². The molecule has 1 aliphatic rings. The average molecular weight is 325 g/mol. The second-order valence-corrected chi connectivity index (χ2v) is 5.94. The Labute approximate surface area is 140 Å². The predicted molar refractivity (Wildman–Crippen MR) is 90.3 cm³/mol. The molecule has 3 rings (SSSR count). The first kappa shape index (κ1) is 16.0. The standard InChI is InChI=1S/C18H19N3O3/c1-18(11-12-19-17(18)23)21(14-5-3-2-4-6-14)15-9-7-13(8-10-15)16(22)20-24/h2-10,24H,11-12H2,1H3,(H,19,23)(H,20,22). The number of para-hydroxylation sites is 1. The van der Waals surface area contributed by atoms with Crippen LogP contribution in [0.25, 0.3) is 0 Å². The van der Waals surface area contributed by atoms with Gasteiger partial charge >= 0.3 is 0 Å². The van der Waals surface area contributed by atoms with Crippen LogP contribution in [0.1, 0.15) is 23.7 Å². The molecule has 124 valence electrons. The Kier molecular flexibility index (Phi) is 4.22. The van der Waals surface area contributed by atoms with Crippen LogP contribution < -0.4 is 15.7 Å². The maximum atomic E-state index is 12.5. The van der Waals surface area contributed by atoms with Gasteiger partial charge in [0, 0.05) is 23.5 Å². The molecule has 0 spiro atoms. The number of benzene rings is 2. The second-order valence-electron chi connectivity index (χ2n) is 5.94. The molecule has 3 N–H and O–H groups in total. The molecule has 1 heterocycles. The molecule has 0 radical (unpaired) electrons. The number of hydrogen-bond donors (Lipinski definition) is 3. The zero-order chi connectivity index (χ0) is 17.2. The van der Waals surface area contributed by atoms with E-state index in [2.05, 4.69) is 5.32 Å². The molecular weight excluding hydrogens is 306 g/mol. The van der Waals surface area contributed by atoms with Crippen molar-refractivity contribution in [1.82, 2.24) is 10.8 Å². The molecule has 6 heteroatoms. The summed E-state index contributed by atoms with van der Waals surface area (Å²) in [6.07, 6.45) is 0.680. The minimum Gasteiger partial charge on any atom is -0.354 e. The number of nitrogens with zero attached hydrogens (tertiary/aromatic N) is 1. The van der Waals surface area contributed by atoms with E-state index in [1.165, 1.54) is 0 Å². The largest absolute Gasteiger partial charge is 0.354 e. The van der Waals surface area contributed by atoms with Crippen molar-refractivity contribution in [2.75, 3.05) is 11.4 Å². The topological polar surface area (TPSA) is 81.7 Å². The van der Waals surface area contributed by atoms with E-state index >= 15 is 0 Å². The first-order valence-corrected chi connectivity index (χ1v) is 7.74. The number of amides is 2. The van der Waals surface area contributed by atoms with E-state index in [1.54, 1.807) is 29.7 Å². The molecule has 0 saturated carbocycles. The molecule has 1 saturated heterocycles. The van der Waals surface area contributed by atoms with Gasteiger partial charge in [-0.3, -0.25) is 14.8 Å². The summed E-state index contributed by atoms with van der Waals surface area (Å²) in [5.74, 6) is -0.596. The van der Waals surface area contributed by atoms with Crippen molar-refractivity contribution >= 4 is 23.2 Å². The summed E-state index contributed by atoms with van der Waals surface area (Å²) >= 11 is 0. The van der Waals surface area contributed by atoms with Crippen LogP contribution in [0, 0.1) is 0 Å². The fourth-order valence-electron chi connectivity index (χ4n) is 3.06. The van der Waals surface area contributed by atoms with Gasteiger partial charge in [-0.1, -0.05) is 18.2 Å². The van der Waals surface area contributed by atoms with E-state index in [1.807, 2.05) is 42.2 Å². The monoisotopic (exact) mass is 325 g/mol. The van der Waals surface area contributed by atoms with Gasteiger partial charge < -0.3 is 10.2 Å². The SMILES string of the molecule is CC1(N(c2ccccc2)c2ccc(C(=O)NO)cc2)CCNC1=O. The zero-order valence-corrected chi connectivity index (χ0v) is 13.3. The van der Waals surface area contributed by atoms with Crippen molar-refractivity contribution in [3.63, 3.8) is 0 Å². The molecule has 2 aromatic rings. The zero-order valence-electron chi connectivity index (χ0n) is 13.3. The van der Waals surface area contributed by atoms with Crippen molar-refractivity contribution in [2.45, 2.75) is 18.9 Å². The average Bonchev–Trinajstić information content (AvgIpc) is 2.95. The van der Waals surface area contributed by atoms with E-state index in [0.29, 0.717) is 18.5 Å². The van der Waals surface area contributed by atoms with Gasteiger partial charge in [-0.05, 0) is 49.7 Å². The fraction of sp³-hybridized carbons (Fsp3) is 0.222. The molecule has 0 aromatic heterocycles. The van der Waals surface area contributed by atoms with Crippen LogP contribution in [-0.2, 0) is 4.79 Å². The number of anilines is 2. The lowest BCUT2D eigenvalue weighted by molar-refractivity contribution is -0.123. The highest BCUT2D eigenvalue weighted by Crippen LogP contribution is 2.37. The number of hydroxylamine groups is 1. The van der Waals surface area contributed by atoms with Gasteiger partial charge in [0.2, 0.25) is 5.91 Å². The molecule has 1 atom stereocenters.